The van der Waals surface area contributed by atoms with Crippen molar-refractivity contribution in [1.29, 1.82) is 0 Å². The van der Waals surface area contributed by atoms with Crippen LogP contribution in [0, 0.1) is 0 Å². The van der Waals surface area contributed by atoms with Crippen LogP contribution in [0.1, 0.15) is 37.8 Å². The molecule has 1 fully saturated rings. The molecule has 1 aliphatic heterocycles. The van der Waals surface area contributed by atoms with Crippen molar-refractivity contribution in [2.45, 2.75) is 44.3 Å². The number of hydrogen-bond donors (Lipinski definition) is 1. The minimum Gasteiger partial charge on any atom is -0.326 e. The summed E-state index contributed by atoms with van der Waals surface area (Å²) in [6.07, 6.45) is 3.39. The Morgan fingerprint density at radius 2 is 2.00 bits per heavy atom. The molecule has 0 saturated carbocycles. The molecule has 2 atom stereocenters. The molecule has 3 nitrogen and oxygen atoms in total. The molecule has 0 bridgehead atoms. The van der Waals surface area contributed by atoms with Crippen molar-refractivity contribution >= 4 is 11.6 Å². The third-order valence-corrected chi connectivity index (χ3v) is 4.93. The molecule has 118 valence electrons. The summed E-state index contributed by atoms with van der Waals surface area (Å²) in [4.78, 5) is 4.88. The number of benzene rings is 1. The second-order valence-electron chi connectivity index (χ2n) is 6.30. The van der Waals surface area contributed by atoms with Crippen LogP contribution in [0.3, 0.4) is 0 Å². The summed E-state index contributed by atoms with van der Waals surface area (Å²) in [5, 5.41) is 0.795. The molecule has 0 aromatic heterocycles. The monoisotopic (exact) mass is 309 g/mol. The molecule has 1 heterocycles. The molecular weight excluding hydrogens is 282 g/mol. The van der Waals surface area contributed by atoms with Gasteiger partial charge < -0.3 is 10.6 Å². The van der Waals surface area contributed by atoms with Gasteiger partial charge >= 0.3 is 0 Å². The van der Waals surface area contributed by atoms with Crippen molar-refractivity contribution in [2.75, 3.05) is 27.2 Å². The van der Waals surface area contributed by atoms with Gasteiger partial charge in [-0.2, -0.15) is 0 Å². The number of nitrogens with zero attached hydrogens (tertiary/aromatic N) is 2. The smallest absolute Gasteiger partial charge is 0.0499 e. The minimum atomic E-state index is 0.152. The zero-order chi connectivity index (χ0) is 15.4. The van der Waals surface area contributed by atoms with Crippen molar-refractivity contribution in [3.05, 3.63) is 34.9 Å². The van der Waals surface area contributed by atoms with Crippen LogP contribution in [0.2, 0.25) is 5.02 Å². The quantitative estimate of drug-likeness (QED) is 0.907. The first-order valence-electron chi connectivity index (χ1n) is 7.94. The van der Waals surface area contributed by atoms with Crippen molar-refractivity contribution in [2.24, 2.45) is 5.73 Å². The predicted molar refractivity (Wildman–Crippen MR) is 90.7 cm³/mol. The summed E-state index contributed by atoms with van der Waals surface area (Å²) in [5.41, 5.74) is 7.68. The number of likely N-dealkylation sites (tertiary alicyclic amines) is 1. The van der Waals surface area contributed by atoms with Crippen molar-refractivity contribution < 1.29 is 0 Å². The van der Waals surface area contributed by atoms with E-state index in [1.165, 1.54) is 18.4 Å². The molecule has 21 heavy (non-hydrogen) atoms. The molecule has 1 aromatic rings. The largest absolute Gasteiger partial charge is 0.326 e. The van der Waals surface area contributed by atoms with E-state index in [0.29, 0.717) is 6.04 Å². The fraction of sp³-hybridized carbons (Fsp3) is 0.647. The normalized spacial score (nSPS) is 20.7. The maximum Gasteiger partial charge on any atom is 0.0499 e. The van der Waals surface area contributed by atoms with Crippen LogP contribution in [0.15, 0.2) is 24.3 Å². The Kier molecular flexibility index (Phi) is 6.06. The van der Waals surface area contributed by atoms with Gasteiger partial charge in [0.25, 0.3) is 0 Å². The summed E-state index contributed by atoms with van der Waals surface area (Å²) in [7, 11) is 4.35. The van der Waals surface area contributed by atoms with Crippen molar-refractivity contribution in [3.63, 3.8) is 0 Å². The third kappa shape index (κ3) is 4.19. The van der Waals surface area contributed by atoms with E-state index in [2.05, 4.69) is 43.0 Å². The fourth-order valence-electron chi connectivity index (χ4n) is 3.32. The summed E-state index contributed by atoms with van der Waals surface area (Å²) >= 11 is 6.17. The summed E-state index contributed by atoms with van der Waals surface area (Å²) in [6.45, 7) is 4.37. The number of hydrogen-bond acceptors (Lipinski definition) is 3. The van der Waals surface area contributed by atoms with Gasteiger partial charge in [0.1, 0.15) is 0 Å². The van der Waals surface area contributed by atoms with Gasteiger partial charge in [-0.05, 0) is 51.1 Å². The highest BCUT2D eigenvalue weighted by Crippen LogP contribution is 2.30. The van der Waals surface area contributed by atoms with Crippen molar-refractivity contribution in [1.82, 2.24) is 9.80 Å². The Balaban J connectivity index is 2.14. The first-order valence-corrected chi connectivity index (χ1v) is 8.32. The molecule has 0 amide bonds. The Bertz CT molecular complexity index is 441. The molecule has 1 saturated heterocycles. The van der Waals surface area contributed by atoms with E-state index in [9.17, 15) is 0 Å². The lowest BCUT2D eigenvalue weighted by Gasteiger charge is -2.41. The highest BCUT2D eigenvalue weighted by atomic mass is 35.5. The molecule has 0 spiro atoms. The predicted octanol–water partition coefficient (Wildman–Crippen LogP) is 3.14. The zero-order valence-electron chi connectivity index (χ0n) is 13.4. The molecule has 0 aliphatic carbocycles. The first kappa shape index (κ1) is 16.8. The van der Waals surface area contributed by atoms with Gasteiger partial charge in [0.05, 0.1) is 0 Å². The average molecular weight is 310 g/mol. The van der Waals surface area contributed by atoms with E-state index in [1.54, 1.807) is 0 Å². The molecule has 2 unspecified atom stereocenters. The zero-order valence-corrected chi connectivity index (χ0v) is 14.2. The minimum absolute atomic E-state index is 0.152. The van der Waals surface area contributed by atoms with Gasteiger partial charge in [-0.25, -0.2) is 0 Å². The van der Waals surface area contributed by atoms with E-state index in [4.69, 9.17) is 17.3 Å². The van der Waals surface area contributed by atoms with E-state index >= 15 is 0 Å². The lowest BCUT2D eigenvalue weighted by molar-refractivity contribution is 0.0948. The maximum absolute atomic E-state index is 6.43. The molecule has 2 N–H and O–H groups in total. The molecule has 0 radical (unpaired) electrons. The van der Waals surface area contributed by atoms with Gasteiger partial charge in [-0.1, -0.05) is 30.7 Å². The van der Waals surface area contributed by atoms with Crippen LogP contribution in [0.5, 0.6) is 0 Å². The van der Waals surface area contributed by atoms with Crippen LogP contribution in [0.25, 0.3) is 0 Å². The standard InChI is InChI=1S/C17H28ClN3/c1-4-16(19)17(13-6-5-7-14(18)12-13)21-10-8-15(9-11-21)20(2)3/h5-7,12,15-17H,4,8-11,19H2,1-3H3. The van der Waals surface area contributed by atoms with E-state index in [-0.39, 0.29) is 12.1 Å². The molecule has 1 aromatic carbocycles. The number of halogens is 1. The average Bonchev–Trinajstić information content (AvgIpc) is 2.48. The van der Waals surface area contributed by atoms with Gasteiger partial charge in [0, 0.05) is 36.2 Å². The molecule has 2 rings (SSSR count). The lowest BCUT2D eigenvalue weighted by Crippen LogP contribution is -2.48. The second kappa shape index (κ2) is 7.59. The first-order chi connectivity index (χ1) is 10.0. The number of nitrogens with two attached hydrogens (primary N) is 1. The Hall–Kier alpha value is -0.610. The van der Waals surface area contributed by atoms with E-state index in [0.717, 1.165) is 24.5 Å². The van der Waals surface area contributed by atoms with Crippen LogP contribution in [-0.2, 0) is 0 Å². The van der Waals surface area contributed by atoms with Gasteiger partial charge in [-0.15, -0.1) is 0 Å². The maximum atomic E-state index is 6.43. The van der Waals surface area contributed by atoms with Crippen LogP contribution in [0.4, 0.5) is 0 Å². The molecule has 1 aliphatic rings. The second-order valence-corrected chi connectivity index (χ2v) is 6.74. The van der Waals surface area contributed by atoms with E-state index < -0.39 is 0 Å². The fourth-order valence-corrected chi connectivity index (χ4v) is 3.52. The summed E-state index contributed by atoms with van der Waals surface area (Å²) < 4.78 is 0. The van der Waals surface area contributed by atoms with Crippen LogP contribution in [-0.4, -0.2) is 49.1 Å². The van der Waals surface area contributed by atoms with Crippen LogP contribution >= 0.6 is 11.6 Å². The topological polar surface area (TPSA) is 32.5 Å². The summed E-state index contributed by atoms with van der Waals surface area (Å²) in [5.74, 6) is 0. The molecular formula is C17H28ClN3. The Morgan fingerprint density at radius 3 is 2.52 bits per heavy atom. The lowest BCUT2D eigenvalue weighted by atomic mass is 9.93. The highest BCUT2D eigenvalue weighted by Gasteiger charge is 2.30. The summed E-state index contributed by atoms with van der Waals surface area (Å²) in [6, 6.07) is 9.30. The van der Waals surface area contributed by atoms with Gasteiger partial charge in [0.2, 0.25) is 0 Å². The van der Waals surface area contributed by atoms with Crippen LogP contribution < -0.4 is 5.73 Å². The van der Waals surface area contributed by atoms with E-state index in [1.807, 2.05) is 12.1 Å². The molecule has 4 heteroatoms. The Labute approximate surface area is 134 Å². The number of rotatable bonds is 5. The Morgan fingerprint density at radius 1 is 1.33 bits per heavy atom. The van der Waals surface area contributed by atoms with Gasteiger partial charge in [0.15, 0.2) is 0 Å². The highest BCUT2D eigenvalue weighted by molar-refractivity contribution is 6.30. The van der Waals surface area contributed by atoms with Gasteiger partial charge in [-0.3, -0.25) is 4.90 Å². The SMILES string of the molecule is CCC(N)C(c1cccc(Cl)c1)N1CCC(N(C)C)CC1. The third-order valence-electron chi connectivity index (χ3n) is 4.69. The van der Waals surface area contributed by atoms with Crippen molar-refractivity contribution in [3.8, 4) is 0 Å². The number of piperidine rings is 1.